The van der Waals surface area contributed by atoms with Crippen molar-refractivity contribution in [3.05, 3.63) is 36.2 Å². The van der Waals surface area contributed by atoms with E-state index >= 15 is 0 Å². The van der Waals surface area contributed by atoms with Crippen molar-refractivity contribution in [1.82, 2.24) is 9.78 Å². The fourth-order valence-corrected chi connectivity index (χ4v) is 2.15. The first kappa shape index (κ1) is 15.2. The molecule has 0 spiro atoms. The van der Waals surface area contributed by atoms with Crippen LogP contribution in [0, 0.1) is 0 Å². The number of anilines is 1. The van der Waals surface area contributed by atoms with Crippen molar-refractivity contribution in [1.29, 1.82) is 0 Å². The molecule has 0 aliphatic carbocycles. The van der Waals surface area contributed by atoms with Crippen molar-refractivity contribution < 1.29 is 9.47 Å². The van der Waals surface area contributed by atoms with Crippen molar-refractivity contribution >= 4 is 5.69 Å². The van der Waals surface area contributed by atoms with E-state index in [0.29, 0.717) is 6.04 Å². The summed E-state index contributed by atoms with van der Waals surface area (Å²) in [6.07, 6.45) is 3.86. The highest BCUT2D eigenvalue weighted by atomic mass is 16.5. The van der Waals surface area contributed by atoms with Crippen LogP contribution in [0.4, 0.5) is 5.69 Å². The lowest BCUT2D eigenvalue weighted by atomic mass is 10.1. The zero-order valence-electron chi connectivity index (χ0n) is 13.3. The summed E-state index contributed by atoms with van der Waals surface area (Å²) in [5, 5.41) is 7.78. The molecule has 1 atom stereocenters. The predicted octanol–water partition coefficient (Wildman–Crippen LogP) is 3.65. The molecule has 0 fully saturated rings. The Kier molecular flexibility index (Phi) is 4.73. The summed E-state index contributed by atoms with van der Waals surface area (Å²) in [6, 6.07) is 6.45. The summed E-state index contributed by atoms with van der Waals surface area (Å²) in [5.74, 6) is 1.47. The number of methoxy groups -OCH3 is 2. The van der Waals surface area contributed by atoms with E-state index in [9.17, 15) is 0 Å². The minimum absolute atomic E-state index is 0.148. The van der Waals surface area contributed by atoms with Crippen LogP contribution in [0.25, 0.3) is 0 Å². The normalized spacial score (nSPS) is 12.3. The summed E-state index contributed by atoms with van der Waals surface area (Å²) < 4.78 is 12.5. The Bertz CT molecular complexity index is 593. The minimum Gasteiger partial charge on any atom is -0.493 e. The van der Waals surface area contributed by atoms with Crippen molar-refractivity contribution in [2.75, 3.05) is 19.5 Å². The number of aromatic nitrogens is 2. The van der Waals surface area contributed by atoms with E-state index < -0.39 is 0 Å². The van der Waals surface area contributed by atoms with Gasteiger partial charge < -0.3 is 14.8 Å². The third kappa shape index (κ3) is 3.48. The SMILES string of the molecule is COc1ccc(C(C)Nc2cnn(C(C)C)c2)cc1OC. The maximum absolute atomic E-state index is 5.34. The van der Waals surface area contributed by atoms with Crippen LogP contribution in [0.3, 0.4) is 0 Å². The van der Waals surface area contributed by atoms with Gasteiger partial charge in [-0.1, -0.05) is 6.07 Å². The zero-order chi connectivity index (χ0) is 15.4. The summed E-state index contributed by atoms with van der Waals surface area (Å²) in [5.41, 5.74) is 2.14. The van der Waals surface area contributed by atoms with Gasteiger partial charge in [-0.3, -0.25) is 4.68 Å². The van der Waals surface area contributed by atoms with Gasteiger partial charge >= 0.3 is 0 Å². The van der Waals surface area contributed by atoms with E-state index in [0.717, 1.165) is 22.7 Å². The number of benzene rings is 1. The summed E-state index contributed by atoms with van der Waals surface area (Å²) in [6.45, 7) is 6.32. The molecule has 0 saturated heterocycles. The third-order valence-electron chi connectivity index (χ3n) is 3.42. The molecule has 1 aromatic carbocycles. The molecule has 114 valence electrons. The molecule has 1 aromatic heterocycles. The van der Waals surface area contributed by atoms with Gasteiger partial charge in [-0.2, -0.15) is 5.10 Å². The lowest BCUT2D eigenvalue weighted by Gasteiger charge is -2.16. The van der Waals surface area contributed by atoms with Crippen molar-refractivity contribution in [3.63, 3.8) is 0 Å². The fourth-order valence-electron chi connectivity index (χ4n) is 2.15. The lowest BCUT2D eigenvalue weighted by molar-refractivity contribution is 0.354. The zero-order valence-corrected chi connectivity index (χ0v) is 13.3. The third-order valence-corrected chi connectivity index (χ3v) is 3.42. The van der Waals surface area contributed by atoms with Crippen LogP contribution in [0.2, 0.25) is 0 Å². The molecular weight excluding hydrogens is 266 g/mol. The average Bonchev–Trinajstić information content (AvgIpc) is 2.95. The van der Waals surface area contributed by atoms with Gasteiger partial charge in [0.15, 0.2) is 11.5 Å². The molecule has 0 saturated carbocycles. The van der Waals surface area contributed by atoms with Crippen molar-refractivity contribution in [2.24, 2.45) is 0 Å². The molecule has 1 heterocycles. The van der Waals surface area contributed by atoms with Gasteiger partial charge in [0.05, 0.1) is 26.1 Å². The van der Waals surface area contributed by atoms with E-state index in [4.69, 9.17) is 9.47 Å². The van der Waals surface area contributed by atoms with Gasteiger partial charge in [-0.05, 0) is 38.5 Å². The molecule has 0 amide bonds. The van der Waals surface area contributed by atoms with Gasteiger partial charge in [0.2, 0.25) is 0 Å². The van der Waals surface area contributed by atoms with Gasteiger partial charge in [0.25, 0.3) is 0 Å². The molecule has 2 rings (SSSR count). The molecule has 21 heavy (non-hydrogen) atoms. The van der Waals surface area contributed by atoms with E-state index in [1.807, 2.05) is 35.3 Å². The monoisotopic (exact) mass is 289 g/mol. The van der Waals surface area contributed by atoms with Crippen molar-refractivity contribution in [2.45, 2.75) is 32.9 Å². The molecule has 2 aromatic rings. The first-order valence-electron chi connectivity index (χ1n) is 7.07. The molecule has 1 unspecified atom stereocenters. The van der Waals surface area contributed by atoms with Crippen LogP contribution in [0.1, 0.15) is 38.4 Å². The largest absolute Gasteiger partial charge is 0.493 e. The summed E-state index contributed by atoms with van der Waals surface area (Å²) in [4.78, 5) is 0. The molecular formula is C16H23N3O2. The summed E-state index contributed by atoms with van der Waals surface area (Å²) >= 11 is 0. The first-order valence-corrected chi connectivity index (χ1v) is 7.07. The maximum atomic E-state index is 5.34. The van der Waals surface area contributed by atoms with Crippen LogP contribution >= 0.6 is 0 Å². The topological polar surface area (TPSA) is 48.3 Å². The van der Waals surface area contributed by atoms with Crippen LogP contribution in [0.5, 0.6) is 11.5 Å². The highest BCUT2D eigenvalue weighted by molar-refractivity contribution is 5.47. The number of nitrogens with one attached hydrogen (secondary N) is 1. The number of rotatable bonds is 6. The smallest absolute Gasteiger partial charge is 0.161 e. The number of hydrogen-bond donors (Lipinski definition) is 1. The molecule has 0 bridgehead atoms. The van der Waals surface area contributed by atoms with E-state index in [-0.39, 0.29) is 6.04 Å². The quantitative estimate of drug-likeness (QED) is 0.881. The second-order valence-corrected chi connectivity index (χ2v) is 5.28. The van der Waals surface area contributed by atoms with Crippen LogP contribution in [0.15, 0.2) is 30.6 Å². The molecule has 0 aliphatic heterocycles. The Balaban J connectivity index is 2.13. The Morgan fingerprint density at radius 3 is 2.38 bits per heavy atom. The Hall–Kier alpha value is -2.17. The average molecular weight is 289 g/mol. The minimum atomic E-state index is 0.148. The van der Waals surface area contributed by atoms with E-state index in [1.54, 1.807) is 14.2 Å². The summed E-state index contributed by atoms with van der Waals surface area (Å²) in [7, 11) is 3.28. The van der Waals surface area contributed by atoms with Crippen LogP contribution < -0.4 is 14.8 Å². The molecule has 5 heteroatoms. The molecule has 0 radical (unpaired) electrons. The second kappa shape index (κ2) is 6.52. The highest BCUT2D eigenvalue weighted by Gasteiger charge is 2.11. The van der Waals surface area contributed by atoms with E-state index in [1.165, 1.54) is 0 Å². The maximum Gasteiger partial charge on any atom is 0.161 e. The number of nitrogens with zero attached hydrogens (tertiary/aromatic N) is 2. The number of ether oxygens (including phenoxy) is 2. The first-order chi connectivity index (χ1) is 10.0. The predicted molar refractivity (Wildman–Crippen MR) is 84.2 cm³/mol. The van der Waals surface area contributed by atoms with Gasteiger partial charge in [-0.25, -0.2) is 0 Å². The molecule has 5 nitrogen and oxygen atoms in total. The Morgan fingerprint density at radius 2 is 1.81 bits per heavy atom. The second-order valence-electron chi connectivity index (χ2n) is 5.28. The Labute approximate surface area is 125 Å². The standard InChI is InChI=1S/C16H23N3O2/c1-11(2)19-10-14(9-17-19)18-12(3)13-6-7-15(20-4)16(8-13)21-5/h6-12,18H,1-5H3. The van der Waals surface area contributed by atoms with Gasteiger partial charge in [0, 0.05) is 18.3 Å². The van der Waals surface area contributed by atoms with Crippen LogP contribution in [-0.2, 0) is 0 Å². The Morgan fingerprint density at radius 1 is 1.10 bits per heavy atom. The molecule has 0 aliphatic rings. The number of hydrogen-bond acceptors (Lipinski definition) is 4. The molecule has 1 N–H and O–H groups in total. The van der Waals surface area contributed by atoms with E-state index in [2.05, 4.69) is 31.2 Å². The fraction of sp³-hybridized carbons (Fsp3) is 0.438. The lowest BCUT2D eigenvalue weighted by Crippen LogP contribution is -2.07. The van der Waals surface area contributed by atoms with Gasteiger partial charge in [-0.15, -0.1) is 0 Å². The highest BCUT2D eigenvalue weighted by Crippen LogP contribution is 2.31. The van der Waals surface area contributed by atoms with Crippen LogP contribution in [-0.4, -0.2) is 24.0 Å². The van der Waals surface area contributed by atoms with Crippen molar-refractivity contribution in [3.8, 4) is 11.5 Å². The van der Waals surface area contributed by atoms with Gasteiger partial charge in [0.1, 0.15) is 0 Å².